The van der Waals surface area contributed by atoms with Gasteiger partial charge in [-0.2, -0.15) is 0 Å². The lowest BCUT2D eigenvalue weighted by Crippen LogP contribution is -2.57. The van der Waals surface area contributed by atoms with Crippen LogP contribution in [0.15, 0.2) is 24.3 Å². The number of halogens is 1. The van der Waals surface area contributed by atoms with E-state index in [1.54, 1.807) is 12.0 Å². The van der Waals surface area contributed by atoms with Crippen LogP contribution in [-0.4, -0.2) is 66.6 Å². The van der Waals surface area contributed by atoms with Gasteiger partial charge in [0.2, 0.25) is 0 Å². The highest BCUT2D eigenvalue weighted by molar-refractivity contribution is 6.30. The van der Waals surface area contributed by atoms with Crippen LogP contribution < -0.4 is 11.1 Å². The molecule has 0 radical (unpaired) electrons. The number of aliphatic hydroxyl groups excluding tert-OH is 1. The summed E-state index contributed by atoms with van der Waals surface area (Å²) in [5.74, 6) is 0.0642. The number of carbonyl (C=O) groups is 1. The number of rotatable bonds is 11. The number of hydrogen-bond acceptors (Lipinski definition) is 5. The van der Waals surface area contributed by atoms with Crippen molar-refractivity contribution in [2.45, 2.75) is 82.0 Å². The van der Waals surface area contributed by atoms with E-state index in [4.69, 9.17) is 22.1 Å². The van der Waals surface area contributed by atoms with Crippen molar-refractivity contribution in [2.24, 2.45) is 17.6 Å². The molecule has 0 spiro atoms. The van der Waals surface area contributed by atoms with E-state index in [0.717, 1.165) is 56.9 Å². The second-order valence-corrected chi connectivity index (χ2v) is 10.8. The fourth-order valence-corrected chi connectivity index (χ4v) is 6.06. The summed E-state index contributed by atoms with van der Waals surface area (Å²) < 4.78 is 5.19. The van der Waals surface area contributed by atoms with E-state index in [2.05, 4.69) is 5.32 Å². The first-order chi connectivity index (χ1) is 16.9. The Labute approximate surface area is 215 Å². The Balaban J connectivity index is 1.69. The SMILES string of the molecule is COCCCC[C@@](O)(c1cccc(Cl)c1)C1CCCN(C(=O)N[C@H](CN)[C@@H](O)C2CCCCC2)C1. The number of nitrogens with two attached hydrogens (primary N) is 1. The van der Waals surface area contributed by atoms with Crippen LogP contribution in [0.1, 0.15) is 69.8 Å². The number of piperidine rings is 1. The summed E-state index contributed by atoms with van der Waals surface area (Å²) in [7, 11) is 1.68. The molecule has 0 bridgehead atoms. The van der Waals surface area contributed by atoms with Crippen LogP contribution in [0, 0.1) is 11.8 Å². The maximum Gasteiger partial charge on any atom is 0.317 e. The van der Waals surface area contributed by atoms with Crippen molar-refractivity contribution >= 4 is 17.6 Å². The smallest absolute Gasteiger partial charge is 0.317 e. The van der Waals surface area contributed by atoms with Crippen LogP contribution >= 0.6 is 11.6 Å². The zero-order valence-corrected chi connectivity index (χ0v) is 21.9. The number of carbonyl (C=O) groups excluding carboxylic acids is 1. The molecule has 3 rings (SSSR count). The summed E-state index contributed by atoms with van der Waals surface area (Å²) in [5.41, 5.74) is 5.67. The van der Waals surface area contributed by atoms with E-state index in [1.807, 2.05) is 24.3 Å². The van der Waals surface area contributed by atoms with Crippen molar-refractivity contribution in [3.8, 4) is 0 Å². The van der Waals surface area contributed by atoms with Crippen LogP contribution in [0.2, 0.25) is 5.02 Å². The minimum atomic E-state index is -1.09. The topological polar surface area (TPSA) is 108 Å². The molecule has 35 heavy (non-hydrogen) atoms. The summed E-state index contributed by atoms with van der Waals surface area (Å²) >= 11 is 6.28. The Morgan fingerprint density at radius 3 is 2.71 bits per heavy atom. The zero-order chi connectivity index (χ0) is 25.3. The van der Waals surface area contributed by atoms with Gasteiger partial charge < -0.3 is 30.9 Å². The van der Waals surface area contributed by atoms with Crippen LogP contribution in [0.3, 0.4) is 0 Å². The van der Waals surface area contributed by atoms with Crippen LogP contribution in [-0.2, 0) is 10.3 Å². The summed E-state index contributed by atoms with van der Waals surface area (Å²) in [4.78, 5) is 15.0. The van der Waals surface area contributed by atoms with Gasteiger partial charge in [-0.1, -0.05) is 43.0 Å². The molecule has 1 unspecified atom stereocenters. The molecule has 5 N–H and O–H groups in total. The lowest BCUT2D eigenvalue weighted by Gasteiger charge is -2.43. The number of urea groups is 1. The number of methoxy groups -OCH3 is 1. The predicted molar refractivity (Wildman–Crippen MR) is 139 cm³/mol. The summed E-state index contributed by atoms with van der Waals surface area (Å²) in [6, 6.07) is 6.75. The number of ether oxygens (including phenoxy) is 1. The molecule has 7 nitrogen and oxygen atoms in total. The molecule has 1 aliphatic heterocycles. The third-order valence-electron chi connectivity index (χ3n) is 7.97. The third kappa shape index (κ3) is 7.56. The molecule has 198 valence electrons. The fourth-order valence-electron chi connectivity index (χ4n) is 5.87. The second-order valence-electron chi connectivity index (χ2n) is 10.4. The van der Waals surface area contributed by atoms with Gasteiger partial charge >= 0.3 is 6.03 Å². The highest BCUT2D eigenvalue weighted by Gasteiger charge is 2.41. The second kappa shape index (κ2) is 13.8. The number of unbranched alkanes of at least 4 members (excludes halogenated alkanes) is 1. The van der Waals surface area contributed by atoms with Crippen LogP contribution in [0.25, 0.3) is 0 Å². The number of nitrogens with zero attached hydrogens (tertiary/aromatic N) is 1. The van der Waals surface area contributed by atoms with Gasteiger partial charge in [-0.15, -0.1) is 0 Å². The molecule has 0 aromatic heterocycles. The zero-order valence-electron chi connectivity index (χ0n) is 21.1. The molecule has 2 amide bonds. The molecule has 1 saturated carbocycles. The summed E-state index contributed by atoms with van der Waals surface area (Å²) in [5, 5.41) is 26.5. The van der Waals surface area contributed by atoms with E-state index in [1.165, 1.54) is 6.42 Å². The number of likely N-dealkylation sites (tertiary alicyclic amines) is 1. The number of hydrogen-bond donors (Lipinski definition) is 4. The van der Waals surface area contributed by atoms with Gasteiger partial charge in [0.15, 0.2) is 0 Å². The van der Waals surface area contributed by atoms with Crippen LogP contribution in [0.5, 0.6) is 0 Å². The molecular formula is C27H44ClN3O4. The van der Waals surface area contributed by atoms with E-state index in [-0.39, 0.29) is 24.4 Å². The minimum absolute atomic E-state index is 0.123. The molecule has 4 atom stereocenters. The Hall–Kier alpha value is -1.38. The molecule has 1 saturated heterocycles. The van der Waals surface area contributed by atoms with Crippen molar-refractivity contribution in [3.63, 3.8) is 0 Å². The maximum absolute atomic E-state index is 13.2. The van der Waals surface area contributed by atoms with Gasteiger partial charge in [-0.3, -0.25) is 0 Å². The van der Waals surface area contributed by atoms with Crippen molar-refractivity contribution in [3.05, 3.63) is 34.9 Å². The number of aliphatic hydroxyl groups is 2. The molecule has 1 aromatic rings. The number of nitrogens with one attached hydrogen (secondary N) is 1. The molecule has 1 aliphatic carbocycles. The van der Waals surface area contributed by atoms with Gasteiger partial charge in [0.05, 0.1) is 17.7 Å². The van der Waals surface area contributed by atoms with E-state index in [0.29, 0.717) is 31.1 Å². The highest BCUT2D eigenvalue weighted by Crippen LogP contribution is 2.40. The average Bonchev–Trinajstić information content (AvgIpc) is 2.89. The maximum atomic E-state index is 13.2. The summed E-state index contributed by atoms with van der Waals surface area (Å²) in [6.45, 7) is 1.91. The molecular weight excluding hydrogens is 466 g/mol. The van der Waals surface area contributed by atoms with Crippen molar-refractivity contribution in [1.82, 2.24) is 10.2 Å². The molecule has 2 aliphatic rings. The minimum Gasteiger partial charge on any atom is -0.391 e. The molecule has 8 heteroatoms. The Morgan fingerprint density at radius 2 is 2.03 bits per heavy atom. The monoisotopic (exact) mass is 509 g/mol. The van der Waals surface area contributed by atoms with Gasteiger partial charge in [-0.25, -0.2) is 4.79 Å². The quantitative estimate of drug-likeness (QED) is 0.337. The first-order valence-corrected chi connectivity index (χ1v) is 13.7. The molecule has 1 aromatic carbocycles. The van der Waals surface area contributed by atoms with Gasteiger partial charge in [-0.05, 0) is 68.6 Å². The molecule has 1 heterocycles. The van der Waals surface area contributed by atoms with Crippen molar-refractivity contribution < 1.29 is 19.7 Å². The lowest BCUT2D eigenvalue weighted by atomic mass is 9.74. The summed E-state index contributed by atoms with van der Waals surface area (Å²) in [6.07, 6.45) is 8.64. The fraction of sp³-hybridized carbons (Fsp3) is 0.741. The van der Waals surface area contributed by atoms with E-state index in [9.17, 15) is 15.0 Å². The third-order valence-corrected chi connectivity index (χ3v) is 8.21. The average molecular weight is 510 g/mol. The Bertz CT molecular complexity index is 791. The van der Waals surface area contributed by atoms with Gasteiger partial charge in [0, 0.05) is 44.3 Å². The van der Waals surface area contributed by atoms with Gasteiger partial charge in [0.1, 0.15) is 0 Å². The molecule has 2 fully saturated rings. The highest BCUT2D eigenvalue weighted by atomic mass is 35.5. The van der Waals surface area contributed by atoms with Crippen molar-refractivity contribution in [2.75, 3.05) is 33.4 Å². The standard InChI is InChI=1S/C27H44ClN3O4/c1-35-16-6-5-14-27(34,21-11-7-13-23(28)17-21)22-12-8-15-31(19-22)26(33)30-24(18-29)25(32)20-9-3-2-4-10-20/h7,11,13,17,20,22,24-25,32,34H,2-6,8-10,12,14-16,18-19,29H2,1H3,(H,30,33)/t22?,24-,25+,27-/m1/s1. The largest absolute Gasteiger partial charge is 0.391 e. The van der Waals surface area contributed by atoms with Crippen molar-refractivity contribution in [1.29, 1.82) is 0 Å². The first kappa shape index (κ1) is 28.2. The van der Waals surface area contributed by atoms with E-state index < -0.39 is 17.7 Å². The number of benzene rings is 1. The Kier molecular flexibility index (Phi) is 11.1. The first-order valence-electron chi connectivity index (χ1n) is 13.3. The predicted octanol–water partition coefficient (Wildman–Crippen LogP) is 4.03. The lowest BCUT2D eigenvalue weighted by molar-refractivity contribution is -0.0566. The van der Waals surface area contributed by atoms with Gasteiger partial charge in [0.25, 0.3) is 0 Å². The van der Waals surface area contributed by atoms with E-state index >= 15 is 0 Å². The Morgan fingerprint density at radius 1 is 1.26 bits per heavy atom. The number of amides is 2. The van der Waals surface area contributed by atoms with Crippen LogP contribution in [0.4, 0.5) is 4.79 Å². The normalized spacial score (nSPS) is 22.9.